The fourth-order valence-electron chi connectivity index (χ4n) is 1.75. The number of carbonyl (C=O) groups excluding carboxylic acids is 1. The highest BCUT2D eigenvalue weighted by Crippen LogP contribution is 2.14. The van der Waals surface area contributed by atoms with E-state index >= 15 is 0 Å². The van der Waals surface area contributed by atoms with Crippen LogP contribution in [0.1, 0.15) is 28.7 Å². The molecule has 0 atom stereocenters. The SMILES string of the molecule is CCc1cc(CNC(=O)c2ccc(OC(F)F)cc2)[nH]n1. The van der Waals surface area contributed by atoms with E-state index in [1.807, 2.05) is 13.0 Å². The lowest BCUT2D eigenvalue weighted by molar-refractivity contribution is -0.0498. The van der Waals surface area contributed by atoms with E-state index < -0.39 is 6.61 Å². The van der Waals surface area contributed by atoms with Crippen molar-refractivity contribution in [3.8, 4) is 5.75 Å². The Morgan fingerprint density at radius 3 is 2.67 bits per heavy atom. The van der Waals surface area contributed by atoms with Gasteiger partial charge in [-0.1, -0.05) is 6.92 Å². The van der Waals surface area contributed by atoms with Crippen molar-refractivity contribution in [2.75, 3.05) is 0 Å². The molecular weight excluding hydrogens is 280 g/mol. The Hall–Kier alpha value is -2.44. The molecule has 1 heterocycles. The zero-order chi connectivity index (χ0) is 15.2. The van der Waals surface area contributed by atoms with Crippen LogP contribution >= 0.6 is 0 Å². The monoisotopic (exact) mass is 295 g/mol. The Morgan fingerprint density at radius 2 is 2.10 bits per heavy atom. The van der Waals surface area contributed by atoms with Crippen LogP contribution in [-0.4, -0.2) is 22.7 Å². The average Bonchev–Trinajstić information content (AvgIpc) is 2.93. The quantitative estimate of drug-likeness (QED) is 0.860. The summed E-state index contributed by atoms with van der Waals surface area (Å²) in [6.07, 6.45) is 0.816. The summed E-state index contributed by atoms with van der Waals surface area (Å²) in [6.45, 7) is -0.569. The van der Waals surface area contributed by atoms with Gasteiger partial charge in [-0.3, -0.25) is 9.89 Å². The first-order chi connectivity index (χ1) is 10.1. The van der Waals surface area contributed by atoms with Crippen molar-refractivity contribution in [1.29, 1.82) is 0 Å². The molecule has 7 heteroatoms. The van der Waals surface area contributed by atoms with E-state index in [0.29, 0.717) is 12.1 Å². The van der Waals surface area contributed by atoms with Crippen LogP contribution in [0.3, 0.4) is 0 Å². The molecule has 0 bridgehead atoms. The number of aryl methyl sites for hydroxylation is 1. The van der Waals surface area contributed by atoms with Crippen LogP contribution in [0.4, 0.5) is 8.78 Å². The molecule has 2 N–H and O–H groups in total. The second kappa shape index (κ2) is 6.83. The van der Waals surface area contributed by atoms with Gasteiger partial charge in [-0.25, -0.2) is 0 Å². The fraction of sp³-hybridized carbons (Fsp3) is 0.286. The Bertz CT molecular complexity index is 597. The van der Waals surface area contributed by atoms with Gasteiger partial charge in [-0.05, 0) is 36.8 Å². The Kier molecular flexibility index (Phi) is 4.86. The number of aromatic nitrogens is 2. The predicted molar refractivity (Wildman–Crippen MR) is 72.2 cm³/mol. The van der Waals surface area contributed by atoms with Gasteiger partial charge in [0.25, 0.3) is 5.91 Å². The Balaban J connectivity index is 1.90. The third-order valence-corrected chi connectivity index (χ3v) is 2.83. The lowest BCUT2D eigenvalue weighted by Gasteiger charge is -2.06. The number of rotatable bonds is 6. The predicted octanol–water partition coefficient (Wildman–Crippen LogP) is 2.50. The maximum absolute atomic E-state index is 12.0. The Labute approximate surface area is 120 Å². The first-order valence-corrected chi connectivity index (χ1v) is 6.44. The van der Waals surface area contributed by atoms with E-state index in [1.54, 1.807) is 0 Å². The lowest BCUT2D eigenvalue weighted by atomic mass is 10.2. The van der Waals surface area contributed by atoms with Gasteiger partial charge in [0.05, 0.1) is 17.9 Å². The molecule has 1 aromatic carbocycles. The summed E-state index contributed by atoms with van der Waals surface area (Å²) in [4.78, 5) is 11.9. The van der Waals surface area contributed by atoms with Crippen molar-refractivity contribution in [3.63, 3.8) is 0 Å². The number of benzene rings is 1. The van der Waals surface area contributed by atoms with Crippen LogP contribution in [0.15, 0.2) is 30.3 Å². The fourth-order valence-corrected chi connectivity index (χ4v) is 1.75. The first-order valence-electron chi connectivity index (χ1n) is 6.44. The maximum atomic E-state index is 12.0. The number of hydrogen-bond donors (Lipinski definition) is 2. The number of amides is 1. The number of alkyl halides is 2. The minimum Gasteiger partial charge on any atom is -0.435 e. The summed E-state index contributed by atoms with van der Waals surface area (Å²) >= 11 is 0. The minimum absolute atomic E-state index is 0.0164. The third kappa shape index (κ3) is 4.27. The van der Waals surface area contributed by atoms with Crippen molar-refractivity contribution in [3.05, 3.63) is 47.3 Å². The van der Waals surface area contributed by atoms with Gasteiger partial charge in [0.1, 0.15) is 5.75 Å². The molecule has 0 fully saturated rings. The van der Waals surface area contributed by atoms with Gasteiger partial charge in [0.15, 0.2) is 0 Å². The van der Waals surface area contributed by atoms with Crippen molar-refractivity contribution in [1.82, 2.24) is 15.5 Å². The van der Waals surface area contributed by atoms with Crippen LogP contribution in [0.5, 0.6) is 5.75 Å². The highest BCUT2D eigenvalue weighted by Gasteiger charge is 2.08. The number of hydrogen-bond acceptors (Lipinski definition) is 3. The van der Waals surface area contributed by atoms with E-state index in [4.69, 9.17) is 0 Å². The van der Waals surface area contributed by atoms with Crippen molar-refractivity contribution < 1.29 is 18.3 Å². The van der Waals surface area contributed by atoms with Crippen LogP contribution in [0, 0.1) is 0 Å². The van der Waals surface area contributed by atoms with Gasteiger partial charge < -0.3 is 10.1 Å². The summed E-state index contributed by atoms with van der Waals surface area (Å²) in [7, 11) is 0. The molecule has 1 aromatic heterocycles. The molecule has 0 radical (unpaired) electrons. The summed E-state index contributed by atoms with van der Waals surface area (Å²) < 4.78 is 28.2. The van der Waals surface area contributed by atoms with E-state index in [9.17, 15) is 13.6 Å². The second-order valence-corrected chi connectivity index (χ2v) is 4.32. The lowest BCUT2D eigenvalue weighted by Crippen LogP contribution is -2.22. The molecule has 21 heavy (non-hydrogen) atoms. The Morgan fingerprint density at radius 1 is 1.38 bits per heavy atom. The van der Waals surface area contributed by atoms with Gasteiger partial charge in [-0.15, -0.1) is 0 Å². The standard InChI is InChI=1S/C14H15F2N3O2/c1-2-10-7-11(19-18-10)8-17-13(20)9-3-5-12(6-4-9)21-14(15)16/h3-7,14H,2,8H2,1H3,(H,17,20)(H,18,19). The molecule has 0 aliphatic rings. The van der Waals surface area contributed by atoms with Gasteiger partial charge in [-0.2, -0.15) is 13.9 Å². The molecule has 5 nitrogen and oxygen atoms in total. The number of aromatic amines is 1. The zero-order valence-electron chi connectivity index (χ0n) is 11.4. The molecule has 0 spiro atoms. The maximum Gasteiger partial charge on any atom is 0.387 e. The van der Waals surface area contributed by atoms with Gasteiger partial charge in [0, 0.05) is 5.56 Å². The topological polar surface area (TPSA) is 67.0 Å². The average molecular weight is 295 g/mol. The smallest absolute Gasteiger partial charge is 0.387 e. The van der Waals surface area contributed by atoms with Gasteiger partial charge >= 0.3 is 6.61 Å². The highest BCUT2D eigenvalue weighted by molar-refractivity contribution is 5.94. The molecule has 1 amide bonds. The molecule has 0 saturated heterocycles. The number of carbonyl (C=O) groups is 1. The summed E-state index contributed by atoms with van der Waals surface area (Å²) in [6, 6.07) is 7.38. The second-order valence-electron chi connectivity index (χ2n) is 4.32. The van der Waals surface area contributed by atoms with E-state index in [-0.39, 0.29) is 11.7 Å². The number of H-pyrrole nitrogens is 1. The zero-order valence-corrected chi connectivity index (χ0v) is 11.4. The summed E-state index contributed by atoms with van der Waals surface area (Å²) in [5.41, 5.74) is 2.09. The van der Waals surface area contributed by atoms with Crippen molar-refractivity contribution >= 4 is 5.91 Å². The van der Waals surface area contributed by atoms with E-state index in [1.165, 1.54) is 24.3 Å². The molecule has 0 saturated carbocycles. The third-order valence-electron chi connectivity index (χ3n) is 2.83. The summed E-state index contributed by atoms with van der Waals surface area (Å²) in [5.74, 6) is -0.283. The number of halogens is 2. The summed E-state index contributed by atoms with van der Waals surface area (Å²) in [5, 5.41) is 9.60. The van der Waals surface area contributed by atoms with Crippen LogP contribution < -0.4 is 10.1 Å². The van der Waals surface area contributed by atoms with Crippen LogP contribution in [0.25, 0.3) is 0 Å². The van der Waals surface area contributed by atoms with Crippen molar-refractivity contribution in [2.45, 2.75) is 26.5 Å². The highest BCUT2D eigenvalue weighted by atomic mass is 19.3. The van der Waals surface area contributed by atoms with E-state index in [2.05, 4.69) is 20.3 Å². The molecule has 112 valence electrons. The first kappa shape index (κ1) is 15.0. The molecule has 0 unspecified atom stereocenters. The number of nitrogens with zero attached hydrogens (tertiary/aromatic N) is 1. The minimum atomic E-state index is -2.88. The van der Waals surface area contributed by atoms with Crippen LogP contribution in [0.2, 0.25) is 0 Å². The van der Waals surface area contributed by atoms with Crippen molar-refractivity contribution in [2.24, 2.45) is 0 Å². The normalized spacial score (nSPS) is 10.7. The van der Waals surface area contributed by atoms with Crippen LogP contribution in [-0.2, 0) is 13.0 Å². The van der Waals surface area contributed by atoms with E-state index in [0.717, 1.165) is 17.8 Å². The number of nitrogens with one attached hydrogen (secondary N) is 2. The molecule has 0 aliphatic heterocycles. The molecule has 2 rings (SSSR count). The molecule has 0 aliphatic carbocycles. The number of ether oxygens (including phenoxy) is 1. The largest absolute Gasteiger partial charge is 0.435 e. The molecule has 2 aromatic rings. The molecular formula is C14H15F2N3O2. The van der Waals surface area contributed by atoms with Gasteiger partial charge in [0.2, 0.25) is 0 Å².